The van der Waals surface area contributed by atoms with Crippen LogP contribution >= 0.6 is 0 Å². The summed E-state index contributed by atoms with van der Waals surface area (Å²) in [6.45, 7) is 6.01. The van der Waals surface area contributed by atoms with E-state index in [0.29, 0.717) is 0 Å². The van der Waals surface area contributed by atoms with Gasteiger partial charge in [0.15, 0.2) is 0 Å². The molecule has 0 saturated carbocycles. The molecule has 3 heteroatoms. The molecule has 0 aliphatic carbocycles. The summed E-state index contributed by atoms with van der Waals surface area (Å²) >= 11 is 0. The molecule has 0 bridgehead atoms. The van der Waals surface area contributed by atoms with Gasteiger partial charge in [-0.1, -0.05) is 6.07 Å². The second kappa shape index (κ2) is 4.86. The summed E-state index contributed by atoms with van der Waals surface area (Å²) < 4.78 is 10.8. The van der Waals surface area contributed by atoms with Crippen LogP contribution in [-0.4, -0.2) is 7.11 Å². The van der Waals surface area contributed by atoms with Crippen LogP contribution in [0.25, 0.3) is 0 Å². The number of aryl methyl sites for hydroxylation is 3. The maximum absolute atomic E-state index is 6.32. The maximum atomic E-state index is 6.32. The van der Waals surface area contributed by atoms with Crippen molar-refractivity contribution in [3.8, 4) is 5.75 Å². The molecule has 1 aromatic heterocycles. The van der Waals surface area contributed by atoms with Crippen molar-refractivity contribution in [2.24, 2.45) is 5.73 Å². The second-order valence-electron chi connectivity index (χ2n) is 4.67. The molecule has 0 aliphatic heterocycles. The number of benzene rings is 1. The van der Waals surface area contributed by atoms with Crippen molar-refractivity contribution in [2.75, 3.05) is 7.11 Å². The Morgan fingerprint density at radius 2 is 1.89 bits per heavy atom. The lowest BCUT2D eigenvalue weighted by Crippen LogP contribution is -2.14. The summed E-state index contributed by atoms with van der Waals surface area (Å²) in [7, 11) is 1.67. The second-order valence-corrected chi connectivity index (χ2v) is 4.67. The van der Waals surface area contributed by atoms with Crippen molar-refractivity contribution in [2.45, 2.75) is 26.8 Å². The van der Waals surface area contributed by atoms with Crippen LogP contribution in [0.3, 0.4) is 0 Å². The topological polar surface area (TPSA) is 48.4 Å². The third-order valence-electron chi connectivity index (χ3n) is 3.13. The van der Waals surface area contributed by atoms with E-state index in [4.69, 9.17) is 14.9 Å². The molecule has 2 rings (SSSR count). The zero-order valence-electron chi connectivity index (χ0n) is 11.3. The van der Waals surface area contributed by atoms with Crippen molar-refractivity contribution in [3.63, 3.8) is 0 Å². The molecule has 0 spiro atoms. The number of methoxy groups -OCH3 is 1. The van der Waals surface area contributed by atoms with Crippen LogP contribution in [0.2, 0.25) is 0 Å². The number of rotatable bonds is 3. The molecule has 18 heavy (non-hydrogen) atoms. The molecule has 0 saturated heterocycles. The molecule has 1 aromatic carbocycles. The van der Waals surface area contributed by atoms with E-state index in [1.54, 1.807) is 13.4 Å². The molecule has 3 nitrogen and oxygen atoms in total. The molecule has 1 heterocycles. The van der Waals surface area contributed by atoms with Gasteiger partial charge in [-0.2, -0.15) is 0 Å². The van der Waals surface area contributed by atoms with Crippen LogP contribution in [0, 0.1) is 20.8 Å². The highest BCUT2D eigenvalue weighted by molar-refractivity contribution is 5.48. The van der Waals surface area contributed by atoms with E-state index in [2.05, 4.69) is 13.0 Å². The highest BCUT2D eigenvalue weighted by Crippen LogP contribution is 2.32. The van der Waals surface area contributed by atoms with Crippen LogP contribution in [0.4, 0.5) is 0 Å². The molecule has 1 atom stereocenters. The SMILES string of the molecule is COc1cc(C)cc(C)c1C(N)c1coc(C)c1. The Labute approximate surface area is 108 Å². The lowest BCUT2D eigenvalue weighted by molar-refractivity contribution is 0.407. The van der Waals surface area contributed by atoms with Gasteiger partial charge in [-0.15, -0.1) is 0 Å². The minimum Gasteiger partial charge on any atom is -0.496 e. The quantitative estimate of drug-likeness (QED) is 0.902. The first kappa shape index (κ1) is 12.7. The minimum absolute atomic E-state index is 0.224. The van der Waals surface area contributed by atoms with Crippen LogP contribution in [-0.2, 0) is 0 Å². The molecule has 0 radical (unpaired) electrons. The fourth-order valence-electron chi connectivity index (χ4n) is 2.30. The van der Waals surface area contributed by atoms with Gasteiger partial charge < -0.3 is 14.9 Å². The first-order chi connectivity index (χ1) is 8.52. The fourth-order valence-corrected chi connectivity index (χ4v) is 2.30. The predicted molar refractivity (Wildman–Crippen MR) is 71.9 cm³/mol. The monoisotopic (exact) mass is 245 g/mol. The summed E-state index contributed by atoms with van der Waals surface area (Å²) in [4.78, 5) is 0. The fraction of sp³-hybridized carbons (Fsp3) is 0.333. The molecular formula is C15H19NO2. The predicted octanol–water partition coefficient (Wildman–Crippen LogP) is 3.26. The van der Waals surface area contributed by atoms with Crippen LogP contribution < -0.4 is 10.5 Å². The van der Waals surface area contributed by atoms with Crippen LogP contribution in [0.5, 0.6) is 5.75 Å². The average molecular weight is 245 g/mol. The minimum atomic E-state index is -0.224. The van der Waals surface area contributed by atoms with E-state index in [0.717, 1.165) is 28.2 Å². The Bertz CT molecular complexity index is 558. The van der Waals surface area contributed by atoms with Crippen molar-refractivity contribution >= 4 is 0 Å². The Hall–Kier alpha value is -1.74. The summed E-state index contributed by atoms with van der Waals surface area (Å²) in [5.74, 6) is 1.70. The molecular weight excluding hydrogens is 226 g/mol. The standard InChI is InChI=1S/C15H19NO2/c1-9-5-10(2)14(13(6-9)17-4)15(16)12-7-11(3)18-8-12/h5-8,15H,16H2,1-4H3. The highest BCUT2D eigenvalue weighted by Gasteiger charge is 2.18. The van der Waals surface area contributed by atoms with Crippen molar-refractivity contribution in [3.05, 3.63) is 52.5 Å². The molecule has 1 unspecified atom stereocenters. The number of hydrogen-bond donors (Lipinski definition) is 1. The van der Waals surface area contributed by atoms with Crippen molar-refractivity contribution in [1.82, 2.24) is 0 Å². The molecule has 96 valence electrons. The van der Waals surface area contributed by atoms with E-state index in [1.165, 1.54) is 5.56 Å². The smallest absolute Gasteiger partial charge is 0.124 e. The first-order valence-corrected chi connectivity index (χ1v) is 5.98. The number of nitrogens with two attached hydrogens (primary N) is 1. The van der Waals surface area contributed by atoms with Gasteiger partial charge >= 0.3 is 0 Å². The Morgan fingerprint density at radius 3 is 2.44 bits per heavy atom. The first-order valence-electron chi connectivity index (χ1n) is 5.98. The molecule has 0 aliphatic rings. The van der Waals surface area contributed by atoms with Gasteiger partial charge in [-0.05, 0) is 44.0 Å². The summed E-state index contributed by atoms with van der Waals surface area (Å²) in [6.07, 6.45) is 1.71. The van der Waals surface area contributed by atoms with Gasteiger partial charge in [0, 0.05) is 11.1 Å². The maximum Gasteiger partial charge on any atom is 0.124 e. The third-order valence-corrected chi connectivity index (χ3v) is 3.13. The number of furan rings is 1. The molecule has 0 fully saturated rings. The zero-order valence-corrected chi connectivity index (χ0v) is 11.3. The molecule has 2 aromatic rings. The van der Waals surface area contributed by atoms with E-state index in [9.17, 15) is 0 Å². The molecule has 0 amide bonds. The van der Waals surface area contributed by atoms with Crippen molar-refractivity contribution < 1.29 is 9.15 Å². The zero-order chi connectivity index (χ0) is 13.3. The normalized spacial score (nSPS) is 12.5. The van der Waals surface area contributed by atoms with E-state index in [-0.39, 0.29) is 6.04 Å². The van der Waals surface area contributed by atoms with E-state index < -0.39 is 0 Å². The lowest BCUT2D eigenvalue weighted by Gasteiger charge is -2.18. The van der Waals surface area contributed by atoms with E-state index in [1.807, 2.05) is 26.0 Å². The van der Waals surface area contributed by atoms with Crippen LogP contribution in [0.15, 0.2) is 28.9 Å². The summed E-state index contributed by atoms with van der Waals surface area (Å²) in [6, 6.07) is 5.86. The Morgan fingerprint density at radius 1 is 1.17 bits per heavy atom. The average Bonchev–Trinajstić information content (AvgIpc) is 2.74. The van der Waals surface area contributed by atoms with Gasteiger partial charge in [-0.25, -0.2) is 0 Å². The third kappa shape index (κ3) is 2.27. The number of hydrogen-bond acceptors (Lipinski definition) is 3. The van der Waals surface area contributed by atoms with Gasteiger partial charge in [-0.3, -0.25) is 0 Å². The van der Waals surface area contributed by atoms with E-state index >= 15 is 0 Å². The van der Waals surface area contributed by atoms with Gasteiger partial charge in [0.25, 0.3) is 0 Å². The Balaban J connectivity index is 2.50. The van der Waals surface area contributed by atoms with Crippen LogP contribution in [0.1, 0.15) is 34.1 Å². The lowest BCUT2D eigenvalue weighted by atomic mass is 9.95. The largest absolute Gasteiger partial charge is 0.496 e. The Kier molecular flexibility index (Phi) is 3.43. The van der Waals surface area contributed by atoms with Gasteiger partial charge in [0.2, 0.25) is 0 Å². The highest BCUT2D eigenvalue weighted by atomic mass is 16.5. The summed E-state index contributed by atoms with van der Waals surface area (Å²) in [5, 5.41) is 0. The van der Waals surface area contributed by atoms with Crippen molar-refractivity contribution in [1.29, 1.82) is 0 Å². The van der Waals surface area contributed by atoms with Gasteiger partial charge in [0.05, 0.1) is 19.4 Å². The molecule has 2 N–H and O–H groups in total. The van der Waals surface area contributed by atoms with Gasteiger partial charge in [0.1, 0.15) is 11.5 Å². The summed E-state index contributed by atoms with van der Waals surface area (Å²) in [5.41, 5.74) is 10.6. The number of ether oxygens (including phenoxy) is 1.